The highest BCUT2D eigenvalue weighted by atomic mass is 19.1. The quantitative estimate of drug-likeness (QED) is 0.871. The molecule has 0 bridgehead atoms. The number of nitrogens with one attached hydrogen (secondary N) is 1. The van der Waals surface area contributed by atoms with E-state index < -0.39 is 0 Å². The molecular formula is C15H17FN2. The van der Waals surface area contributed by atoms with Crippen molar-refractivity contribution in [3.05, 3.63) is 35.3 Å². The molecule has 3 rings (SSSR count). The van der Waals surface area contributed by atoms with Crippen LogP contribution in [0.15, 0.2) is 18.2 Å². The van der Waals surface area contributed by atoms with Crippen molar-refractivity contribution in [1.82, 2.24) is 4.98 Å². The number of hydrogen-bond acceptors (Lipinski definition) is 2. The zero-order chi connectivity index (χ0) is 12.5. The minimum absolute atomic E-state index is 0.195. The lowest BCUT2D eigenvalue weighted by molar-refractivity contribution is 0.629. The molecule has 0 radical (unpaired) electrons. The van der Waals surface area contributed by atoms with Gasteiger partial charge in [-0.15, -0.1) is 0 Å². The molecule has 3 heteroatoms. The first kappa shape index (κ1) is 11.5. The van der Waals surface area contributed by atoms with Crippen LogP contribution in [0.1, 0.15) is 31.0 Å². The second-order valence-corrected chi connectivity index (χ2v) is 4.81. The maximum Gasteiger partial charge on any atom is 0.124 e. The Hall–Kier alpha value is -1.64. The number of nitrogens with zero attached hydrogens (tertiary/aromatic N) is 1. The highest BCUT2D eigenvalue weighted by molar-refractivity contribution is 5.93. The lowest BCUT2D eigenvalue weighted by Gasteiger charge is -2.21. The molecule has 2 aromatic rings. The fourth-order valence-corrected chi connectivity index (χ4v) is 2.77. The topological polar surface area (TPSA) is 24.9 Å². The van der Waals surface area contributed by atoms with Gasteiger partial charge in [0.2, 0.25) is 0 Å². The Labute approximate surface area is 106 Å². The summed E-state index contributed by atoms with van der Waals surface area (Å²) >= 11 is 0. The van der Waals surface area contributed by atoms with Gasteiger partial charge in [0, 0.05) is 23.3 Å². The zero-order valence-electron chi connectivity index (χ0n) is 10.6. The molecule has 0 saturated heterocycles. The Morgan fingerprint density at radius 1 is 1.28 bits per heavy atom. The zero-order valence-corrected chi connectivity index (χ0v) is 10.6. The molecule has 0 spiro atoms. The average molecular weight is 244 g/mol. The normalized spacial score (nSPS) is 14.6. The van der Waals surface area contributed by atoms with E-state index in [-0.39, 0.29) is 5.82 Å². The van der Waals surface area contributed by atoms with Crippen LogP contribution >= 0.6 is 0 Å². The van der Waals surface area contributed by atoms with Crippen LogP contribution in [0.2, 0.25) is 0 Å². The third-order valence-corrected chi connectivity index (χ3v) is 3.58. The maximum atomic E-state index is 13.4. The monoisotopic (exact) mass is 244 g/mol. The van der Waals surface area contributed by atoms with E-state index in [1.165, 1.54) is 30.2 Å². The lowest BCUT2D eigenvalue weighted by Crippen LogP contribution is -2.11. The van der Waals surface area contributed by atoms with Gasteiger partial charge in [0.1, 0.15) is 5.82 Å². The van der Waals surface area contributed by atoms with Gasteiger partial charge in [-0.2, -0.15) is 0 Å². The third-order valence-electron chi connectivity index (χ3n) is 3.58. The molecular weight excluding hydrogens is 227 g/mol. The molecule has 0 amide bonds. The molecule has 2 nitrogen and oxygen atoms in total. The number of benzene rings is 1. The Morgan fingerprint density at radius 2 is 2.11 bits per heavy atom. The summed E-state index contributed by atoms with van der Waals surface area (Å²) in [5.41, 5.74) is 4.47. The van der Waals surface area contributed by atoms with Crippen molar-refractivity contribution in [2.24, 2.45) is 0 Å². The van der Waals surface area contributed by atoms with Crippen LogP contribution in [-0.4, -0.2) is 11.5 Å². The van der Waals surface area contributed by atoms with Crippen molar-refractivity contribution in [2.45, 2.75) is 32.6 Å². The second-order valence-electron chi connectivity index (χ2n) is 4.81. The molecule has 0 aliphatic heterocycles. The van der Waals surface area contributed by atoms with Crippen LogP contribution in [0, 0.1) is 5.82 Å². The van der Waals surface area contributed by atoms with E-state index in [1.807, 2.05) is 0 Å². The predicted molar refractivity (Wildman–Crippen MR) is 72.5 cm³/mol. The molecule has 1 aliphatic carbocycles. The predicted octanol–water partition coefficient (Wildman–Crippen LogP) is 3.68. The van der Waals surface area contributed by atoms with Gasteiger partial charge in [-0.3, -0.25) is 4.98 Å². The Morgan fingerprint density at radius 3 is 2.94 bits per heavy atom. The van der Waals surface area contributed by atoms with Crippen molar-refractivity contribution in [3.8, 4) is 0 Å². The highest BCUT2D eigenvalue weighted by Crippen LogP contribution is 2.33. The number of rotatable bonds is 2. The number of aromatic nitrogens is 1. The Bertz CT molecular complexity index is 593. The summed E-state index contributed by atoms with van der Waals surface area (Å²) in [6.07, 6.45) is 4.50. The fourth-order valence-electron chi connectivity index (χ4n) is 2.77. The third kappa shape index (κ3) is 1.84. The number of halogens is 1. The summed E-state index contributed by atoms with van der Waals surface area (Å²) in [6, 6.07) is 4.86. The summed E-state index contributed by atoms with van der Waals surface area (Å²) in [5.74, 6) is -0.195. The van der Waals surface area contributed by atoms with Gasteiger partial charge in [-0.1, -0.05) is 0 Å². The van der Waals surface area contributed by atoms with Gasteiger partial charge < -0.3 is 5.32 Å². The summed E-state index contributed by atoms with van der Waals surface area (Å²) in [4.78, 5) is 4.69. The maximum absolute atomic E-state index is 13.4. The highest BCUT2D eigenvalue weighted by Gasteiger charge is 2.17. The molecule has 0 atom stereocenters. The minimum Gasteiger partial charge on any atom is -0.384 e. The number of anilines is 1. The molecule has 1 aliphatic rings. The first-order valence-electron chi connectivity index (χ1n) is 6.64. The van der Waals surface area contributed by atoms with Crippen LogP contribution in [0.3, 0.4) is 0 Å². The Balaban J connectivity index is 2.30. The van der Waals surface area contributed by atoms with E-state index in [0.717, 1.165) is 36.0 Å². The van der Waals surface area contributed by atoms with E-state index in [9.17, 15) is 4.39 Å². The van der Waals surface area contributed by atoms with Gasteiger partial charge in [0.15, 0.2) is 0 Å². The lowest BCUT2D eigenvalue weighted by atomic mass is 9.92. The number of aryl methyl sites for hydroxylation is 1. The second kappa shape index (κ2) is 4.56. The van der Waals surface area contributed by atoms with Crippen molar-refractivity contribution < 1.29 is 4.39 Å². The van der Waals surface area contributed by atoms with E-state index >= 15 is 0 Å². The molecule has 1 aromatic heterocycles. The van der Waals surface area contributed by atoms with Crippen molar-refractivity contribution >= 4 is 16.6 Å². The van der Waals surface area contributed by atoms with Crippen LogP contribution in [0.5, 0.6) is 0 Å². The fraction of sp³-hybridized carbons (Fsp3) is 0.400. The molecule has 18 heavy (non-hydrogen) atoms. The van der Waals surface area contributed by atoms with Crippen LogP contribution in [0.25, 0.3) is 10.9 Å². The first-order chi connectivity index (χ1) is 8.79. The van der Waals surface area contributed by atoms with Crippen molar-refractivity contribution in [1.29, 1.82) is 0 Å². The molecule has 94 valence electrons. The SMILES string of the molecule is CCNc1c2c(nc3ccc(F)cc13)CCCC2. The van der Waals surface area contributed by atoms with Gasteiger partial charge in [-0.25, -0.2) is 4.39 Å². The molecule has 1 heterocycles. The van der Waals surface area contributed by atoms with Crippen LogP contribution in [-0.2, 0) is 12.8 Å². The molecule has 1 aromatic carbocycles. The smallest absolute Gasteiger partial charge is 0.124 e. The van der Waals surface area contributed by atoms with Crippen LogP contribution < -0.4 is 5.32 Å². The number of fused-ring (bicyclic) bond motifs is 2. The molecule has 1 N–H and O–H groups in total. The summed E-state index contributed by atoms with van der Waals surface area (Å²) < 4.78 is 13.4. The van der Waals surface area contributed by atoms with Crippen molar-refractivity contribution in [3.63, 3.8) is 0 Å². The summed E-state index contributed by atoms with van der Waals surface area (Å²) in [5, 5.41) is 4.31. The van der Waals surface area contributed by atoms with Crippen molar-refractivity contribution in [2.75, 3.05) is 11.9 Å². The minimum atomic E-state index is -0.195. The van der Waals surface area contributed by atoms with E-state index in [0.29, 0.717) is 0 Å². The van der Waals surface area contributed by atoms with Gasteiger partial charge in [0.25, 0.3) is 0 Å². The molecule has 0 unspecified atom stereocenters. The first-order valence-corrected chi connectivity index (χ1v) is 6.64. The summed E-state index contributed by atoms with van der Waals surface area (Å²) in [7, 11) is 0. The van der Waals surface area contributed by atoms with E-state index in [2.05, 4.69) is 12.2 Å². The van der Waals surface area contributed by atoms with Gasteiger partial charge in [-0.05, 0) is 56.4 Å². The molecule has 0 fully saturated rings. The average Bonchev–Trinajstić information content (AvgIpc) is 2.39. The Kier molecular flexibility index (Phi) is 2.90. The largest absolute Gasteiger partial charge is 0.384 e. The number of pyridine rings is 1. The van der Waals surface area contributed by atoms with E-state index in [4.69, 9.17) is 4.98 Å². The van der Waals surface area contributed by atoms with Gasteiger partial charge >= 0.3 is 0 Å². The summed E-state index contributed by atoms with van der Waals surface area (Å²) in [6.45, 7) is 2.92. The number of hydrogen-bond donors (Lipinski definition) is 1. The molecule has 0 saturated carbocycles. The van der Waals surface area contributed by atoms with E-state index in [1.54, 1.807) is 12.1 Å². The van der Waals surface area contributed by atoms with Crippen LogP contribution in [0.4, 0.5) is 10.1 Å². The standard InChI is InChI=1S/C15H17FN2/c1-2-17-15-11-5-3-4-6-13(11)18-14-8-7-10(16)9-12(14)15/h7-9H,2-6H2,1H3,(H,17,18). The van der Waals surface area contributed by atoms with Gasteiger partial charge in [0.05, 0.1) is 5.52 Å².